The lowest BCUT2D eigenvalue weighted by atomic mass is 9.93. The Kier molecular flexibility index (Phi) is 5.85. The topological polar surface area (TPSA) is 49.9 Å². The summed E-state index contributed by atoms with van der Waals surface area (Å²) in [6.45, 7) is 0. The van der Waals surface area contributed by atoms with Gasteiger partial charge < -0.3 is 9.73 Å². The highest BCUT2D eigenvalue weighted by atomic mass is 16.3. The quantitative estimate of drug-likeness (QED) is 0.212. The molecule has 1 aromatic heterocycles. The van der Waals surface area contributed by atoms with Crippen LogP contribution in [0.25, 0.3) is 54.6 Å². The number of furan rings is 1. The van der Waals surface area contributed by atoms with Gasteiger partial charge in [-0.3, -0.25) is 0 Å². The number of aliphatic imine (C=N–C) groups is 2. The van der Waals surface area contributed by atoms with Gasteiger partial charge in [0, 0.05) is 27.5 Å². The van der Waals surface area contributed by atoms with Gasteiger partial charge in [-0.15, -0.1) is 0 Å². The minimum Gasteiger partial charge on any atom is -0.456 e. The first-order valence-electron chi connectivity index (χ1n) is 15.2. The Labute approximate surface area is 260 Å². The van der Waals surface area contributed by atoms with Crippen molar-refractivity contribution >= 4 is 55.2 Å². The van der Waals surface area contributed by atoms with Gasteiger partial charge in [0.2, 0.25) is 0 Å². The van der Waals surface area contributed by atoms with Crippen LogP contribution in [0.5, 0.6) is 0 Å². The van der Waals surface area contributed by atoms with Crippen LogP contribution in [-0.4, -0.2) is 11.7 Å². The summed E-state index contributed by atoms with van der Waals surface area (Å²) < 4.78 is 6.37. The molecule has 7 aromatic carbocycles. The molecule has 0 fully saturated rings. The Morgan fingerprint density at radius 3 is 1.93 bits per heavy atom. The van der Waals surface area contributed by atoms with Crippen LogP contribution in [0.15, 0.2) is 166 Å². The second kappa shape index (κ2) is 10.3. The van der Waals surface area contributed by atoms with E-state index in [4.69, 9.17) is 14.4 Å². The number of hydrogen-bond acceptors (Lipinski definition) is 4. The van der Waals surface area contributed by atoms with Crippen LogP contribution < -0.4 is 5.32 Å². The minimum absolute atomic E-state index is 0.510. The summed E-state index contributed by atoms with van der Waals surface area (Å²) in [7, 11) is 0. The Hall–Kier alpha value is -6.00. The molecular weight excluding hydrogens is 550 g/mol. The largest absolute Gasteiger partial charge is 0.456 e. The summed E-state index contributed by atoms with van der Waals surface area (Å²) in [5, 5.41) is 10.6. The van der Waals surface area contributed by atoms with E-state index in [1.807, 2.05) is 36.4 Å². The van der Waals surface area contributed by atoms with Crippen molar-refractivity contribution in [2.45, 2.75) is 6.17 Å². The van der Waals surface area contributed by atoms with E-state index in [2.05, 4.69) is 121 Å². The average Bonchev–Trinajstić information content (AvgIpc) is 3.50. The van der Waals surface area contributed by atoms with E-state index in [0.717, 1.165) is 61.4 Å². The smallest absolute Gasteiger partial charge is 0.171 e. The third-order valence-electron chi connectivity index (χ3n) is 8.73. The van der Waals surface area contributed by atoms with Crippen LogP contribution in [0.3, 0.4) is 0 Å². The van der Waals surface area contributed by atoms with E-state index < -0.39 is 6.17 Å². The van der Waals surface area contributed by atoms with E-state index in [0.29, 0.717) is 0 Å². The van der Waals surface area contributed by atoms with Gasteiger partial charge in [0.15, 0.2) is 6.17 Å². The Morgan fingerprint density at radius 2 is 1.11 bits per heavy atom. The predicted octanol–water partition coefficient (Wildman–Crippen LogP) is 10.1. The van der Waals surface area contributed by atoms with Gasteiger partial charge in [-0.1, -0.05) is 133 Å². The molecule has 1 N–H and O–H groups in total. The second-order valence-corrected chi connectivity index (χ2v) is 11.4. The Bertz CT molecular complexity index is 2460. The molecule has 2 heterocycles. The molecule has 8 aromatic rings. The molecule has 1 aliphatic heterocycles. The molecule has 1 unspecified atom stereocenters. The summed E-state index contributed by atoms with van der Waals surface area (Å²) >= 11 is 0. The standard InChI is InChI=1S/C41H27N3O/c1-3-11-26(12-4-1)33-23-24-36-37(34-17-9-10-18-35(34)45-36)38(33)41-43-39(28-14-5-2-6-15-28)42-40(44-41)30-21-22-32-29(25-30)20-19-27-13-7-8-16-31(27)32/h1-25,41H,(H,42,43,44). The SMILES string of the molecule is c1ccc(C2=NC(c3c(-c4ccccc4)ccc4oc5ccccc5c34)N=C(c3ccc4c(ccc5ccccc54)c3)N2)cc1. The molecule has 212 valence electrons. The van der Waals surface area contributed by atoms with Crippen LogP contribution >= 0.6 is 0 Å². The monoisotopic (exact) mass is 577 g/mol. The molecular formula is C41H27N3O. The van der Waals surface area contributed by atoms with Gasteiger partial charge in [-0.25, -0.2) is 9.98 Å². The molecule has 45 heavy (non-hydrogen) atoms. The molecule has 1 atom stereocenters. The van der Waals surface area contributed by atoms with Crippen molar-refractivity contribution in [1.29, 1.82) is 0 Å². The van der Waals surface area contributed by atoms with E-state index in [1.165, 1.54) is 21.5 Å². The molecule has 0 amide bonds. The van der Waals surface area contributed by atoms with Gasteiger partial charge in [0.25, 0.3) is 0 Å². The fourth-order valence-corrected chi connectivity index (χ4v) is 6.61. The van der Waals surface area contributed by atoms with Crippen LogP contribution in [-0.2, 0) is 0 Å². The molecule has 0 aliphatic carbocycles. The number of hydrogen-bond donors (Lipinski definition) is 1. The lowest BCUT2D eigenvalue weighted by Gasteiger charge is -2.24. The van der Waals surface area contributed by atoms with Crippen molar-refractivity contribution in [3.05, 3.63) is 168 Å². The third kappa shape index (κ3) is 4.30. The zero-order chi connectivity index (χ0) is 29.7. The number of nitrogens with one attached hydrogen (secondary N) is 1. The first-order chi connectivity index (χ1) is 22.3. The maximum Gasteiger partial charge on any atom is 0.171 e. The highest BCUT2D eigenvalue weighted by molar-refractivity contribution is 6.18. The van der Waals surface area contributed by atoms with Gasteiger partial charge >= 0.3 is 0 Å². The molecule has 0 radical (unpaired) electrons. The van der Waals surface area contributed by atoms with Crippen LogP contribution in [0, 0.1) is 0 Å². The number of rotatable bonds is 4. The zero-order valence-corrected chi connectivity index (χ0v) is 24.3. The van der Waals surface area contributed by atoms with Crippen molar-refractivity contribution in [2.24, 2.45) is 9.98 Å². The van der Waals surface area contributed by atoms with E-state index in [1.54, 1.807) is 0 Å². The normalized spacial score (nSPS) is 14.9. The molecule has 4 heteroatoms. The molecule has 0 saturated carbocycles. The first-order valence-corrected chi connectivity index (χ1v) is 15.2. The van der Waals surface area contributed by atoms with Gasteiger partial charge in [-0.05, 0) is 50.9 Å². The molecule has 0 bridgehead atoms. The summed E-state index contributed by atoms with van der Waals surface area (Å²) in [5.41, 5.74) is 6.93. The fraction of sp³-hybridized carbons (Fsp3) is 0.0244. The number of para-hydroxylation sites is 1. The van der Waals surface area contributed by atoms with Crippen LogP contribution in [0.2, 0.25) is 0 Å². The number of amidine groups is 2. The van der Waals surface area contributed by atoms with Crippen LogP contribution in [0.1, 0.15) is 22.9 Å². The van der Waals surface area contributed by atoms with Crippen molar-refractivity contribution < 1.29 is 4.42 Å². The highest BCUT2D eigenvalue weighted by Crippen LogP contribution is 2.42. The number of nitrogens with zero attached hydrogens (tertiary/aromatic N) is 2. The lowest BCUT2D eigenvalue weighted by molar-refractivity contribution is 0.667. The number of fused-ring (bicyclic) bond motifs is 6. The summed E-state index contributed by atoms with van der Waals surface area (Å²) in [6.07, 6.45) is -0.510. The molecule has 0 saturated heterocycles. The van der Waals surface area contributed by atoms with E-state index >= 15 is 0 Å². The average molecular weight is 578 g/mol. The lowest BCUT2D eigenvalue weighted by Crippen LogP contribution is -2.36. The van der Waals surface area contributed by atoms with Crippen molar-refractivity contribution in [2.75, 3.05) is 0 Å². The molecule has 4 nitrogen and oxygen atoms in total. The summed E-state index contributed by atoms with van der Waals surface area (Å²) in [6, 6.07) is 52.7. The third-order valence-corrected chi connectivity index (χ3v) is 8.73. The molecule has 9 rings (SSSR count). The predicted molar refractivity (Wildman–Crippen MR) is 186 cm³/mol. The van der Waals surface area contributed by atoms with Crippen LogP contribution in [0.4, 0.5) is 0 Å². The van der Waals surface area contributed by atoms with Crippen molar-refractivity contribution in [1.82, 2.24) is 5.32 Å². The Morgan fingerprint density at radius 1 is 0.467 bits per heavy atom. The second-order valence-electron chi connectivity index (χ2n) is 11.4. The summed E-state index contributed by atoms with van der Waals surface area (Å²) in [5.74, 6) is 1.57. The van der Waals surface area contributed by atoms with E-state index in [-0.39, 0.29) is 0 Å². The van der Waals surface area contributed by atoms with Gasteiger partial charge in [0.1, 0.15) is 22.8 Å². The van der Waals surface area contributed by atoms with Crippen molar-refractivity contribution in [3.8, 4) is 11.1 Å². The van der Waals surface area contributed by atoms with E-state index in [9.17, 15) is 0 Å². The van der Waals surface area contributed by atoms with Gasteiger partial charge in [-0.2, -0.15) is 0 Å². The fourth-order valence-electron chi connectivity index (χ4n) is 6.61. The minimum atomic E-state index is -0.510. The van der Waals surface area contributed by atoms with Gasteiger partial charge in [0.05, 0.1) is 0 Å². The maximum atomic E-state index is 6.37. The van der Waals surface area contributed by atoms with Crippen molar-refractivity contribution in [3.63, 3.8) is 0 Å². The molecule has 1 aliphatic rings. The first kappa shape index (κ1) is 25.5. The summed E-state index contributed by atoms with van der Waals surface area (Å²) in [4.78, 5) is 10.7. The highest BCUT2D eigenvalue weighted by Gasteiger charge is 2.27. The Balaban J connectivity index is 1.30. The molecule has 0 spiro atoms. The number of benzene rings is 7. The maximum absolute atomic E-state index is 6.37. The zero-order valence-electron chi connectivity index (χ0n) is 24.3.